The Balaban J connectivity index is 2.08. The van der Waals surface area contributed by atoms with Crippen molar-refractivity contribution in [2.75, 3.05) is 5.32 Å². The van der Waals surface area contributed by atoms with Crippen molar-refractivity contribution in [1.82, 2.24) is 9.78 Å². The first-order valence-electron chi connectivity index (χ1n) is 6.68. The van der Waals surface area contributed by atoms with Gasteiger partial charge in [-0.3, -0.25) is 9.59 Å². The number of hydrogen-bond acceptors (Lipinski definition) is 4. The molecule has 5 nitrogen and oxygen atoms in total. The van der Waals surface area contributed by atoms with E-state index in [1.165, 1.54) is 4.68 Å². The first-order valence-corrected chi connectivity index (χ1v) is 6.68. The number of aryl methyl sites for hydroxylation is 3. The van der Waals surface area contributed by atoms with Crippen LogP contribution in [0.3, 0.4) is 0 Å². The quantitative estimate of drug-likeness (QED) is 0.747. The van der Waals surface area contributed by atoms with Crippen molar-refractivity contribution >= 4 is 11.4 Å². The number of nitrogens with zero attached hydrogens (tertiary/aromatic N) is 2. The molecule has 0 saturated heterocycles. The average molecular weight is 281 g/mol. The van der Waals surface area contributed by atoms with Crippen LogP contribution in [0, 0.1) is 20.8 Å². The van der Waals surface area contributed by atoms with Gasteiger partial charge in [0.25, 0.3) is 10.9 Å². The van der Waals surface area contributed by atoms with Gasteiger partial charge in [-0.15, -0.1) is 0 Å². The van der Waals surface area contributed by atoms with Crippen LogP contribution in [0.15, 0.2) is 39.9 Å². The summed E-state index contributed by atoms with van der Waals surface area (Å²) < 4.78 is 1.53. The summed E-state index contributed by atoms with van der Waals surface area (Å²) in [7, 11) is 0. The Morgan fingerprint density at radius 2 is 1.76 bits per heavy atom. The second-order valence-electron chi connectivity index (χ2n) is 5.16. The highest BCUT2D eigenvalue weighted by Crippen LogP contribution is 2.23. The number of para-hydroxylation sites is 1. The minimum absolute atomic E-state index is 0.306. The van der Waals surface area contributed by atoms with Gasteiger partial charge < -0.3 is 5.32 Å². The molecule has 0 aliphatic rings. The Bertz CT molecular complexity index is 899. The molecular weight excluding hydrogens is 266 g/mol. The third-order valence-corrected chi connectivity index (χ3v) is 3.51. The highest BCUT2D eigenvalue weighted by Gasteiger charge is 2.24. The number of benzene rings is 1. The summed E-state index contributed by atoms with van der Waals surface area (Å²) in [6.45, 7) is 5.65. The van der Waals surface area contributed by atoms with Crippen LogP contribution in [0.2, 0.25) is 0 Å². The monoisotopic (exact) mass is 281 g/mol. The van der Waals surface area contributed by atoms with Crippen molar-refractivity contribution in [2.45, 2.75) is 20.8 Å². The topological polar surface area (TPSA) is 64.0 Å². The molecule has 3 aromatic rings. The zero-order chi connectivity index (χ0) is 15.1. The van der Waals surface area contributed by atoms with Gasteiger partial charge in [-0.25, -0.2) is 4.68 Å². The summed E-state index contributed by atoms with van der Waals surface area (Å²) in [6.07, 6.45) is 0. The summed E-state index contributed by atoms with van der Waals surface area (Å²) in [6, 6.07) is 9.48. The number of nitrogens with one attached hydrogen (secondary N) is 1. The largest absolute Gasteiger partial charge is 0.350 e. The lowest BCUT2D eigenvalue weighted by Crippen LogP contribution is -2.38. The normalized spacial score (nSPS) is 11.0. The minimum Gasteiger partial charge on any atom is -0.350 e. The van der Waals surface area contributed by atoms with E-state index in [1.54, 1.807) is 0 Å². The lowest BCUT2D eigenvalue weighted by molar-refractivity contribution is 0.820. The van der Waals surface area contributed by atoms with Gasteiger partial charge >= 0.3 is 0 Å². The second-order valence-corrected chi connectivity index (χ2v) is 5.16. The molecule has 0 unspecified atom stereocenters. The fraction of sp³-hybridized carbons (Fsp3) is 0.188. The summed E-state index contributed by atoms with van der Waals surface area (Å²) in [5.74, 6) is 0. The van der Waals surface area contributed by atoms with Crippen molar-refractivity contribution in [1.29, 1.82) is 0 Å². The third-order valence-electron chi connectivity index (χ3n) is 3.51. The van der Waals surface area contributed by atoms with Crippen LogP contribution in [0.5, 0.6) is 0 Å². The molecule has 0 fully saturated rings. The molecule has 0 atom stereocenters. The van der Waals surface area contributed by atoms with Crippen LogP contribution < -0.4 is 16.2 Å². The highest BCUT2D eigenvalue weighted by atomic mass is 16.2. The lowest BCUT2D eigenvalue weighted by Gasteiger charge is -2.15. The molecule has 0 saturated carbocycles. The van der Waals surface area contributed by atoms with E-state index in [1.807, 2.05) is 51.1 Å². The Kier molecular flexibility index (Phi) is 2.97. The molecule has 5 heteroatoms. The molecule has 0 aliphatic carbocycles. The first kappa shape index (κ1) is 13.3. The molecule has 0 bridgehead atoms. The van der Waals surface area contributed by atoms with Crippen molar-refractivity contribution < 1.29 is 0 Å². The maximum Gasteiger partial charge on any atom is 0.255 e. The standard InChI is InChI=1S/C16H15N3O2/c1-9-6-4-5-7-12(9)17-13-14(16(21)15(13)20)19-11(3)8-10(2)18-19/h4-8,17H,1-3H3. The smallest absolute Gasteiger partial charge is 0.255 e. The summed E-state index contributed by atoms with van der Waals surface area (Å²) in [5, 5.41) is 7.34. The molecule has 0 amide bonds. The van der Waals surface area contributed by atoms with Gasteiger partial charge in [0.1, 0.15) is 11.4 Å². The molecule has 1 heterocycles. The summed E-state index contributed by atoms with van der Waals surface area (Å²) in [5.41, 5.74) is 3.07. The van der Waals surface area contributed by atoms with Gasteiger partial charge in [0.2, 0.25) is 0 Å². The number of aromatic nitrogens is 2. The molecule has 0 spiro atoms. The van der Waals surface area contributed by atoms with E-state index >= 15 is 0 Å². The molecule has 0 aliphatic heterocycles. The Labute approximate surface area is 121 Å². The molecule has 106 valence electrons. The van der Waals surface area contributed by atoms with Crippen LogP contribution in [0.25, 0.3) is 5.69 Å². The minimum atomic E-state index is -0.503. The van der Waals surface area contributed by atoms with Crippen LogP contribution in [0.4, 0.5) is 11.4 Å². The Hall–Kier alpha value is -2.69. The summed E-state index contributed by atoms with van der Waals surface area (Å²) >= 11 is 0. The van der Waals surface area contributed by atoms with Crippen molar-refractivity contribution in [2.24, 2.45) is 0 Å². The Morgan fingerprint density at radius 1 is 1.05 bits per heavy atom. The molecule has 21 heavy (non-hydrogen) atoms. The van der Waals surface area contributed by atoms with Gasteiger partial charge in [0, 0.05) is 11.4 Å². The van der Waals surface area contributed by atoms with E-state index in [4.69, 9.17) is 0 Å². The number of anilines is 2. The van der Waals surface area contributed by atoms with E-state index < -0.39 is 10.9 Å². The lowest BCUT2D eigenvalue weighted by atomic mass is 10.1. The predicted molar refractivity (Wildman–Crippen MR) is 82.4 cm³/mol. The fourth-order valence-electron chi connectivity index (χ4n) is 2.40. The van der Waals surface area contributed by atoms with Gasteiger partial charge in [-0.05, 0) is 38.5 Å². The van der Waals surface area contributed by atoms with Gasteiger partial charge in [-0.1, -0.05) is 18.2 Å². The van der Waals surface area contributed by atoms with Gasteiger partial charge in [0.15, 0.2) is 0 Å². The molecule has 1 aromatic heterocycles. The van der Waals surface area contributed by atoms with Gasteiger partial charge in [-0.2, -0.15) is 5.10 Å². The molecular formula is C16H15N3O2. The number of rotatable bonds is 3. The van der Waals surface area contributed by atoms with E-state index in [0.717, 1.165) is 22.6 Å². The van der Waals surface area contributed by atoms with Crippen LogP contribution in [-0.2, 0) is 0 Å². The predicted octanol–water partition coefficient (Wildman–Crippen LogP) is 2.14. The number of hydrogen-bond donors (Lipinski definition) is 1. The molecule has 3 rings (SSSR count). The van der Waals surface area contributed by atoms with Crippen molar-refractivity contribution in [3.63, 3.8) is 0 Å². The average Bonchev–Trinajstić information content (AvgIpc) is 2.78. The Morgan fingerprint density at radius 3 is 2.38 bits per heavy atom. The first-order chi connectivity index (χ1) is 9.99. The molecule has 1 N–H and O–H groups in total. The van der Waals surface area contributed by atoms with E-state index in [2.05, 4.69) is 10.4 Å². The zero-order valence-electron chi connectivity index (χ0n) is 12.1. The molecule has 0 radical (unpaired) electrons. The second kappa shape index (κ2) is 4.70. The van der Waals surface area contributed by atoms with Crippen LogP contribution >= 0.6 is 0 Å². The maximum absolute atomic E-state index is 11.9. The maximum atomic E-state index is 11.9. The van der Waals surface area contributed by atoms with Crippen LogP contribution in [0.1, 0.15) is 17.0 Å². The SMILES string of the molecule is Cc1cc(C)n(-c2c(Nc3ccccc3C)c(=O)c2=O)n1. The zero-order valence-corrected chi connectivity index (χ0v) is 12.1. The summed E-state index contributed by atoms with van der Waals surface area (Å²) in [4.78, 5) is 23.8. The van der Waals surface area contributed by atoms with Gasteiger partial charge in [0.05, 0.1) is 5.69 Å². The van der Waals surface area contributed by atoms with E-state index in [0.29, 0.717) is 11.4 Å². The van der Waals surface area contributed by atoms with Crippen LogP contribution in [-0.4, -0.2) is 9.78 Å². The van der Waals surface area contributed by atoms with E-state index in [9.17, 15) is 9.59 Å². The fourth-order valence-corrected chi connectivity index (χ4v) is 2.40. The van der Waals surface area contributed by atoms with Crippen molar-refractivity contribution in [3.05, 3.63) is 67.7 Å². The highest BCUT2D eigenvalue weighted by molar-refractivity contribution is 5.74. The molecule has 2 aromatic carbocycles. The third kappa shape index (κ3) is 2.07. The van der Waals surface area contributed by atoms with Crippen molar-refractivity contribution in [3.8, 4) is 5.69 Å². The van der Waals surface area contributed by atoms with E-state index in [-0.39, 0.29) is 0 Å².